The third-order valence-electron chi connectivity index (χ3n) is 6.00. The molecule has 2 aromatic carbocycles. The molecule has 0 unspecified atom stereocenters. The standard InChI is InChI=1S/C25H33ClN6O6S/c1-17-4-9-21(18(2)23(17)28-22(33)16-26)39(36,37)31-20-7-5-19(6-8-20)29-30-25(35)24(34)27-10-3-11-32-12-14-38-15-13-32/h4-9,29,31H,3,10-16H2,1-2H3,(H,27,34)(H,28,33)(H,30,35). The van der Waals surface area contributed by atoms with E-state index in [1.165, 1.54) is 30.3 Å². The fraction of sp³-hybridized carbons (Fsp3) is 0.400. The first-order chi connectivity index (χ1) is 18.6. The molecule has 0 atom stereocenters. The van der Waals surface area contributed by atoms with Gasteiger partial charge in [0.15, 0.2) is 0 Å². The quantitative estimate of drug-likeness (QED) is 0.116. The Bertz CT molecular complexity index is 1280. The van der Waals surface area contributed by atoms with Gasteiger partial charge in [-0.1, -0.05) is 6.07 Å². The van der Waals surface area contributed by atoms with Gasteiger partial charge in [-0.3, -0.25) is 34.9 Å². The van der Waals surface area contributed by atoms with Crippen molar-refractivity contribution in [2.45, 2.75) is 25.2 Å². The smallest absolute Gasteiger partial charge is 0.327 e. The van der Waals surface area contributed by atoms with Crippen molar-refractivity contribution in [3.63, 3.8) is 0 Å². The Labute approximate surface area is 232 Å². The van der Waals surface area contributed by atoms with Crippen molar-refractivity contribution in [1.29, 1.82) is 0 Å². The molecule has 1 saturated heterocycles. The Hall–Kier alpha value is -3.39. The number of morpholine rings is 1. The number of halogens is 1. The van der Waals surface area contributed by atoms with Gasteiger partial charge in [0.2, 0.25) is 5.91 Å². The summed E-state index contributed by atoms with van der Waals surface area (Å²) in [5.74, 6) is -2.31. The van der Waals surface area contributed by atoms with E-state index in [1.54, 1.807) is 19.9 Å². The topological polar surface area (TPSA) is 158 Å². The number of nitrogens with one attached hydrogen (secondary N) is 5. The fourth-order valence-corrected chi connectivity index (χ4v) is 5.29. The van der Waals surface area contributed by atoms with Crippen LogP contribution in [0.15, 0.2) is 41.3 Å². The molecule has 0 aromatic heterocycles. The molecule has 0 saturated carbocycles. The molecule has 5 N–H and O–H groups in total. The molecule has 14 heteroatoms. The number of carbonyl (C=O) groups excluding carboxylic acids is 3. The maximum absolute atomic E-state index is 13.0. The number of hydrogen-bond acceptors (Lipinski definition) is 8. The molecule has 12 nitrogen and oxygen atoms in total. The Balaban J connectivity index is 1.50. The van der Waals surface area contributed by atoms with Crippen molar-refractivity contribution in [2.24, 2.45) is 0 Å². The number of hydrazine groups is 1. The van der Waals surface area contributed by atoms with Crippen LogP contribution in [0.1, 0.15) is 17.5 Å². The highest BCUT2D eigenvalue weighted by molar-refractivity contribution is 7.92. The summed E-state index contributed by atoms with van der Waals surface area (Å²) in [7, 11) is -3.98. The lowest BCUT2D eigenvalue weighted by Gasteiger charge is -2.26. The number of benzene rings is 2. The largest absolute Gasteiger partial charge is 0.379 e. The molecule has 0 aliphatic carbocycles. The number of carbonyl (C=O) groups is 3. The van der Waals surface area contributed by atoms with Crippen LogP contribution in [0.5, 0.6) is 0 Å². The Morgan fingerprint density at radius 2 is 1.64 bits per heavy atom. The number of aryl methyl sites for hydroxylation is 1. The summed E-state index contributed by atoms with van der Waals surface area (Å²) in [6.07, 6.45) is 0.718. The number of ether oxygens (including phenoxy) is 1. The molecule has 3 amide bonds. The van der Waals surface area contributed by atoms with Gasteiger partial charge in [0.1, 0.15) is 5.88 Å². The number of alkyl halides is 1. The first-order valence-corrected chi connectivity index (χ1v) is 14.4. The molecule has 212 valence electrons. The highest BCUT2D eigenvalue weighted by Crippen LogP contribution is 2.28. The minimum atomic E-state index is -3.98. The van der Waals surface area contributed by atoms with E-state index >= 15 is 0 Å². The normalized spacial score (nSPS) is 13.8. The molecular formula is C25H33ClN6O6S. The predicted octanol–water partition coefficient (Wildman–Crippen LogP) is 1.56. The fourth-order valence-electron chi connectivity index (χ4n) is 3.91. The van der Waals surface area contributed by atoms with Crippen molar-refractivity contribution in [3.05, 3.63) is 47.5 Å². The molecule has 1 aliphatic rings. The van der Waals surface area contributed by atoms with Gasteiger partial charge < -0.3 is 15.4 Å². The zero-order chi connectivity index (χ0) is 28.4. The summed E-state index contributed by atoms with van der Waals surface area (Å²) in [5.41, 5.74) is 7.11. The van der Waals surface area contributed by atoms with Crippen LogP contribution in [0.4, 0.5) is 17.1 Å². The summed E-state index contributed by atoms with van der Waals surface area (Å²) in [6, 6.07) is 9.12. The van der Waals surface area contributed by atoms with Crippen molar-refractivity contribution in [1.82, 2.24) is 15.6 Å². The van der Waals surface area contributed by atoms with E-state index in [2.05, 4.69) is 31.1 Å². The van der Waals surface area contributed by atoms with Crippen LogP contribution in [-0.4, -0.2) is 76.3 Å². The maximum Gasteiger partial charge on any atom is 0.327 e. The summed E-state index contributed by atoms with van der Waals surface area (Å²) < 4.78 is 33.9. The minimum absolute atomic E-state index is 0.00314. The number of nitrogens with zero attached hydrogens (tertiary/aromatic N) is 1. The van der Waals surface area contributed by atoms with Crippen LogP contribution >= 0.6 is 11.6 Å². The van der Waals surface area contributed by atoms with Gasteiger partial charge in [0.05, 0.1) is 23.8 Å². The first-order valence-electron chi connectivity index (χ1n) is 12.3. The lowest BCUT2D eigenvalue weighted by atomic mass is 10.1. The van der Waals surface area contributed by atoms with E-state index in [-0.39, 0.29) is 16.5 Å². The molecular weight excluding hydrogens is 548 g/mol. The van der Waals surface area contributed by atoms with Gasteiger partial charge in [-0.15, -0.1) is 11.6 Å². The lowest BCUT2D eigenvalue weighted by molar-refractivity contribution is -0.138. The van der Waals surface area contributed by atoms with Crippen LogP contribution in [0, 0.1) is 13.8 Å². The predicted molar refractivity (Wildman–Crippen MR) is 149 cm³/mol. The van der Waals surface area contributed by atoms with Crippen molar-refractivity contribution in [3.8, 4) is 0 Å². The average Bonchev–Trinajstić information content (AvgIpc) is 2.92. The van der Waals surface area contributed by atoms with Crippen LogP contribution in [0.2, 0.25) is 0 Å². The Morgan fingerprint density at radius 3 is 2.31 bits per heavy atom. The highest BCUT2D eigenvalue weighted by Gasteiger charge is 2.21. The summed E-state index contributed by atoms with van der Waals surface area (Å²) in [4.78, 5) is 38.1. The minimum Gasteiger partial charge on any atom is -0.379 e. The molecule has 2 aromatic rings. The molecule has 0 radical (unpaired) electrons. The molecule has 1 heterocycles. The zero-order valence-corrected chi connectivity index (χ0v) is 23.4. The average molecular weight is 581 g/mol. The Kier molecular flexibility index (Phi) is 10.9. The molecule has 0 bridgehead atoms. The Morgan fingerprint density at radius 1 is 0.974 bits per heavy atom. The van der Waals surface area contributed by atoms with Crippen LogP contribution in [0.25, 0.3) is 0 Å². The van der Waals surface area contributed by atoms with Gasteiger partial charge >= 0.3 is 11.8 Å². The number of anilines is 3. The van der Waals surface area contributed by atoms with Gasteiger partial charge in [0.25, 0.3) is 10.0 Å². The molecule has 0 spiro atoms. The molecule has 1 fully saturated rings. The van der Waals surface area contributed by atoms with Crippen molar-refractivity contribution < 1.29 is 27.5 Å². The summed E-state index contributed by atoms with van der Waals surface area (Å²) in [5, 5.41) is 5.21. The second-order valence-electron chi connectivity index (χ2n) is 8.89. The zero-order valence-electron chi connectivity index (χ0n) is 21.8. The van der Waals surface area contributed by atoms with E-state index in [4.69, 9.17) is 16.3 Å². The van der Waals surface area contributed by atoms with Gasteiger partial charge in [-0.2, -0.15) is 0 Å². The highest BCUT2D eigenvalue weighted by atomic mass is 35.5. The van der Waals surface area contributed by atoms with E-state index in [0.29, 0.717) is 42.3 Å². The van der Waals surface area contributed by atoms with Crippen molar-refractivity contribution in [2.75, 3.05) is 60.7 Å². The maximum atomic E-state index is 13.0. The molecule has 39 heavy (non-hydrogen) atoms. The summed E-state index contributed by atoms with van der Waals surface area (Å²) >= 11 is 5.57. The second kappa shape index (κ2) is 14.1. The van der Waals surface area contributed by atoms with E-state index < -0.39 is 27.7 Å². The molecule has 1 aliphatic heterocycles. The van der Waals surface area contributed by atoms with Crippen LogP contribution < -0.4 is 26.2 Å². The van der Waals surface area contributed by atoms with Crippen molar-refractivity contribution >= 4 is 56.4 Å². The van der Waals surface area contributed by atoms with Gasteiger partial charge in [0, 0.05) is 31.0 Å². The van der Waals surface area contributed by atoms with Crippen LogP contribution in [-0.2, 0) is 29.1 Å². The monoisotopic (exact) mass is 580 g/mol. The van der Waals surface area contributed by atoms with E-state index in [0.717, 1.165) is 26.1 Å². The lowest BCUT2D eigenvalue weighted by Crippen LogP contribution is -2.43. The summed E-state index contributed by atoms with van der Waals surface area (Å²) in [6.45, 7) is 7.67. The van der Waals surface area contributed by atoms with Crippen LogP contribution in [0.3, 0.4) is 0 Å². The third-order valence-corrected chi connectivity index (χ3v) is 7.77. The number of sulfonamides is 1. The third kappa shape index (κ3) is 8.82. The number of amides is 3. The first kappa shape index (κ1) is 30.2. The van der Waals surface area contributed by atoms with E-state index in [1.807, 2.05) is 0 Å². The SMILES string of the molecule is Cc1ccc(S(=O)(=O)Nc2ccc(NNC(=O)C(=O)NCCCN3CCOCC3)cc2)c(C)c1NC(=O)CCl. The van der Waals surface area contributed by atoms with Gasteiger partial charge in [-0.25, -0.2) is 8.42 Å². The second-order valence-corrected chi connectivity index (χ2v) is 10.8. The number of rotatable bonds is 11. The van der Waals surface area contributed by atoms with E-state index in [9.17, 15) is 22.8 Å². The number of hydrogen-bond donors (Lipinski definition) is 5. The molecule has 3 rings (SSSR count). The van der Waals surface area contributed by atoms with Gasteiger partial charge in [-0.05, 0) is 68.3 Å².